The summed E-state index contributed by atoms with van der Waals surface area (Å²) in [5, 5.41) is 51.6. The van der Waals surface area contributed by atoms with Crippen molar-refractivity contribution in [2.24, 2.45) is 34.8 Å². The van der Waals surface area contributed by atoms with Gasteiger partial charge in [0.1, 0.15) is 18.1 Å². The summed E-state index contributed by atoms with van der Waals surface area (Å²) < 4.78 is 0. The summed E-state index contributed by atoms with van der Waals surface area (Å²) >= 11 is 0. The van der Waals surface area contributed by atoms with Crippen molar-refractivity contribution in [3.8, 4) is 0 Å². The minimum Gasteiger partial charge on any atom is -0.480 e. The van der Waals surface area contributed by atoms with E-state index >= 15 is 0 Å². The number of aliphatic hydroxyl groups is 1. The van der Waals surface area contributed by atoms with Gasteiger partial charge in [-0.3, -0.25) is 24.0 Å². The van der Waals surface area contributed by atoms with Crippen molar-refractivity contribution in [1.29, 1.82) is 0 Å². The molecule has 0 aliphatic carbocycles. The first kappa shape index (κ1) is 40.3. The molecular formula is C20H43N5O11. The minimum absolute atomic E-state index is 0.0208. The number of aliphatic hydroxyl groups excluding tert-OH is 1. The molecular weight excluding hydrogens is 486 g/mol. The number of nitrogens with one attached hydrogen (secondary N) is 1. The lowest BCUT2D eigenvalue weighted by molar-refractivity contribution is -0.140. The van der Waals surface area contributed by atoms with E-state index in [1.807, 2.05) is 13.8 Å². The highest BCUT2D eigenvalue weighted by Crippen LogP contribution is 2.05. The molecule has 1 fully saturated rings. The van der Waals surface area contributed by atoms with Gasteiger partial charge < -0.3 is 58.9 Å². The van der Waals surface area contributed by atoms with Crippen molar-refractivity contribution >= 4 is 29.8 Å². The maximum Gasteiger partial charge on any atom is 0.320 e. The topological polar surface area (TPSA) is 323 Å². The van der Waals surface area contributed by atoms with Crippen LogP contribution in [-0.2, 0) is 24.0 Å². The molecule has 1 aliphatic heterocycles. The van der Waals surface area contributed by atoms with Gasteiger partial charge in [0, 0.05) is 13.0 Å². The van der Waals surface area contributed by atoms with Gasteiger partial charge in [0.05, 0.1) is 19.2 Å². The van der Waals surface area contributed by atoms with Crippen LogP contribution in [-0.4, -0.2) is 104 Å². The first-order chi connectivity index (χ1) is 16.3. The second-order valence-corrected chi connectivity index (χ2v) is 8.07. The summed E-state index contributed by atoms with van der Waals surface area (Å²) in [5.41, 5.74) is 19.5. The normalized spacial score (nSPS) is 17.3. The minimum atomic E-state index is -0.968. The van der Waals surface area contributed by atoms with Gasteiger partial charge in [-0.2, -0.15) is 0 Å². The monoisotopic (exact) mass is 529 g/mol. The summed E-state index contributed by atoms with van der Waals surface area (Å²) in [4.78, 5) is 48.8. The first-order valence-corrected chi connectivity index (χ1v) is 10.8. The third kappa shape index (κ3) is 31.1. The predicted octanol–water partition coefficient (Wildman–Crippen LogP) is -2.65. The van der Waals surface area contributed by atoms with Crippen LogP contribution in [0.5, 0.6) is 0 Å². The number of nitrogens with two attached hydrogens (primary N) is 4. The van der Waals surface area contributed by atoms with Gasteiger partial charge in [-0.05, 0) is 18.3 Å². The SMILES string of the molecule is CC(C)C[C@H](N)C(=O)O.CC(C)[C@H](N)C(=O)O.NCC(=O)O.NCC(=O)O.O=C(O)[C@@H]1C[C@@H](O)CN1. The molecule has 16 heteroatoms. The predicted molar refractivity (Wildman–Crippen MR) is 129 cm³/mol. The summed E-state index contributed by atoms with van der Waals surface area (Å²) in [7, 11) is 0. The van der Waals surface area contributed by atoms with Gasteiger partial charge in [-0.15, -0.1) is 0 Å². The summed E-state index contributed by atoms with van der Waals surface area (Å²) in [6, 6.07) is -1.94. The number of aliphatic carboxylic acids is 5. The Morgan fingerprint density at radius 2 is 1.22 bits per heavy atom. The van der Waals surface area contributed by atoms with Crippen molar-refractivity contribution in [3.05, 3.63) is 0 Å². The summed E-state index contributed by atoms with van der Waals surface area (Å²) in [6.45, 7) is 7.29. The van der Waals surface area contributed by atoms with E-state index < -0.39 is 54.1 Å². The molecule has 0 bridgehead atoms. The Kier molecular flexibility index (Phi) is 26.7. The molecule has 16 nitrogen and oxygen atoms in total. The average Bonchev–Trinajstić information content (AvgIpc) is 3.20. The fourth-order valence-corrected chi connectivity index (χ4v) is 1.80. The van der Waals surface area contributed by atoms with Crippen LogP contribution >= 0.6 is 0 Å². The van der Waals surface area contributed by atoms with E-state index in [1.165, 1.54) is 0 Å². The van der Waals surface area contributed by atoms with E-state index in [-0.39, 0.29) is 19.0 Å². The Labute approximate surface area is 209 Å². The highest BCUT2D eigenvalue weighted by molar-refractivity contribution is 5.74. The lowest BCUT2D eigenvalue weighted by Crippen LogP contribution is -2.34. The Morgan fingerprint density at radius 1 is 0.833 bits per heavy atom. The Bertz CT molecular complexity index is 634. The smallest absolute Gasteiger partial charge is 0.320 e. The summed E-state index contributed by atoms with van der Waals surface area (Å²) in [5.74, 6) is -4.28. The van der Waals surface area contributed by atoms with E-state index in [9.17, 15) is 24.0 Å². The number of hydrogen-bond donors (Lipinski definition) is 11. The number of rotatable bonds is 8. The maximum atomic E-state index is 10.2. The number of β-amino-alcohol motifs (C(OH)–C–C–N with tert-alkyl or cyclic N) is 1. The van der Waals surface area contributed by atoms with Gasteiger partial charge in [0.15, 0.2) is 0 Å². The van der Waals surface area contributed by atoms with Crippen molar-refractivity contribution < 1.29 is 54.6 Å². The zero-order chi connectivity index (χ0) is 29.6. The molecule has 1 aliphatic rings. The molecule has 4 atom stereocenters. The maximum absolute atomic E-state index is 10.2. The van der Waals surface area contributed by atoms with Crippen LogP contribution in [0.25, 0.3) is 0 Å². The fourth-order valence-electron chi connectivity index (χ4n) is 1.80. The second kappa shape index (κ2) is 23.8. The van der Waals surface area contributed by atoms with Gasteiger partial charge in [0.2, 0.25) is 0 Å². The largest absolute Gasteiger partial charge is 0.480 e. The standard InChI is InChI=1S/C6H13NO2.C5H9NO3.C5H11NO2.2C2H5NO2/c1-4(2)3-5(7)6(8)9;7-3-1-4(5(8)9)6-2-3;1-3(2)4(6)5(7)8;2*3-1-2(4)5/h4-5H,3,7H2,1-2H3,(H,8,9);3-4,6-7H,1-2H2,(H,8,9);3-4H,6H2,1-2H3,(H,7,8);2*1,3H2,(H,4,5)/t5-;3-,4+;4-;;/m010../s1. The van der Waals surface area contributed by atoms with Crippen LogP contribution in [0.3, 0.4) is 0 Å². The van der Waals surface area contributed by atoms with E-state index in [1.54, 1.807) is 13.8 Å². The van der Waals surface area contributed by atoms with Gasteiger partial charge in [0.25, 0.3) is 0 Å². The van der Waals surface area contributed by atoms with Crippen LogP contribution in [0.15, 0.2) is 0 Å². The number of carboxylic acid groups (broad SMARTS) is 5. The third-order valence-corrected chi connectivity index (χ3v) is 3.80. The molecule has 1 saturated heterocycles. The van der Waals surface area contributed by atoms with Crippen LogP contribution < -0.4 is 28.3 Å². The van der Waals surface area contributed by atoms with E-state index in [0.717, 1.165) is 0 Å². The molecule has 0 unspecified atom stereocenters. The molecule has 0 aromatic carbocycles. The van der Waals surface area contributed by atoms with E-state index in [2.05, 4.69) is 16.8 Å². The molecule has 0 aromatic rings. The lowest BCUT2D eigenvalue weighted by Gasteiger charge is -2.07. The van der Waals surface area contributed by atoms with Crippen molar-refractivity contribution in [1.82, 2.24) is 5.32 Å². The van der Waals surface area contributed by atoms with Crippen molar-refractivity contribution in [3.63, 3.8) is 0 Å². The molecule has 1 rings (SSSR count). The van der Waals surface area contributed by atoms with Crippen LogP contribution in [0.4, 0.5) is 0 Å². The van der Waals surface area contributed by atoms with E-state index in [4.69, 9.17) is 42.1 Å². The Balaban J connectivity index is -0.000000182. The van der Waals surface area contributed by atoms with Gasteiger partial charge >= 0.3 is 29.8 Å². The molecule has 0 amide bonds. The summed E-state index contributed by atoms with van der Waals surface area (Å²) in [6.07, 6.45) is 0.399. The lowest BCUT2D eigenvalue weighted by atomic mass is 10.1. The number of carbonyl (C=O) groups is 5. The van der Waals surface area contributed by atoms with Crippen molar-refractivity contribution in [2.45, 2.75) is 64.8 Å². The molecule has 1 heterocycles. The van der Waals surface area contributed by atoms with Crippen LogP contribution in [0.2, 0.25) is 0 Å². The molecule has 0 aromatic heterocycles. The van der Waals surface area contributed by atoms with Gasteiger partial charge in [-0.1, -0.05) is 27.7 Å². The fraction of sp³-hybridized carbons (Fsp3) is 0.750. The van der Waals surface area contributed by atoms with E-state index in [0.29, 0.717) is 25.3 Å². The molecule has 36 heavy (non-hydrogen) atoms. The average molecular weight is 530 g/mol. The molecule has 214 valence electrons. The highest BCUT2D eigenvalue weighted by atomic mass is 16.4. The molecule has 15 N–H and O–H groups in total. The number of carboxylic acids is 5. The van der Waals surface area contributed by atoms with Crippen LogP contribution in [0, 0.1) is 11.8 Å². The second-order valence-electron chi connectivity index (χ2n) is 8.07. The number of hydrogen-bond acceptors (Lipinski definition) is 11. The van der Waals surface area contributed by atoms with Crippen molar-refractivity contribution in [2.75, 3.05) is 19.6 Å². The zero-order valence-corrected chi connectivity index (χ0v) is 21.0. The third-order valence-electron chi connectivity index (χ3n) is 3.80. The Morgan fingerprint density at radius 3 is 1.31 bits per heavy atom. The highest BCUT2D eigenvalue weighted by Gasteiger charge is 2.27. The van der Waals surface area contributed by atoms with Crippen LogP contribution in [0.1, 0.15) is 40.5 Å². The molecule has 0 spiro atoms. The molecule has 0 saturated carbocycles. The quantitative estimate of drug-likeness (QED) is 0.153. The first-order valence-electron chi connectivity index (χ1n) is 10.8. The Hall–Kier alpha value is -2.89. The zero-order valence-electron chi connectivity index (χ0n) is 21.0. The molecule has 0 radical (unpaired) electrons. The van der Waals surface area contributed by atoms with Gasteiger partial charge in [-0.25, -0.2) is 0 Å².